The topological polar surface area (TPSA) is 77.9 Å². The summed E-state index contributed by atoms with van der Waals surface area (Å²) in [7, 11) is 0. The molecule has 4 heterocycles. The average Bonchev–Trinajstić information content (AvgIpc) is 3.05. The lowest BCUT2D eigenvalue weighted by Crippen LogP contribution is -2.53. The zero-order valence-corrected chi connectivity index (χ0v) is 26.2. The van der Waals surface area contributed by atoms with Crippen molar-refractivity contribution in [2.45, 2.75) is 38.8 Å². The van der Waals surface area contributed by atoms with Crippen LogP contribution < -0.4 is 20.7 Å². The fourth-order valence-electron chi connectivity index (χ4n) is 7.45. The maximum absolute atomic E-state index is 13.9. The molecule has 0 aliphatic carbocycles. The molecule has 2 bridgehead atoms. The summed E-state index contributed by atoms with van der Waals surface area (Å²) >= 11 is 0. The Morgan fingerprint density at radius 1 is 0.848 bits per heavy atom. The Balaban J connectivity index is 1.16. The average molecular weight is 620 g/mol. The van der Waals surface area contributed by atoms with Gasteiger partial charge in [0.2, 0.25) is 0 Å². The number of piperazine rings is 1. The highest BCUT2D eigenvalue weighted by Crippen LogP contribution is 2.39. The number of benzene rings is 3. The Morgan fingerprint density at radius 3 is 2.41 bits per heavy atom. The summed E-state index contributed by atoms with van der Waals surface area (Å²) in [5, 5.41) is 3.04. The van der Waals surface area contributed by atoms with Gasteiger partial charge in [-0.05, 0) is 92.4 Å². The molecule has 0 radical (unpaired) electrons. The molecule has 3 aromatic carbocycles. The molecule has 0 saturated carbocycles. The van der Waals surface area contributed by atoms with Gasteiger partial charge in [0.15, 0.2) is 0 Å². The first-order chi connectivity index (χ1) is 22.2. The quantitative estimate of drug-likeness (QED) is 0.318. The van der Waals surface area contributed by atoms with Gasteiger partial charge in [-0.1, -0.05) is 18.2 Å². The first-order valence-electron chi connectivity index (χ1n) is 16.0. The molecule has 2 amide bonds. The number of hydrogen-bond donors (Lipinski definition) is 1. The van der Waals surface area contributed by atoms with Crippen LogP contribution in [0.1, 0.15) is 51.2 Å². The van der Waals surface area contributed by atoms with Crippen LogP contribution in [0.25, 0.3) is 0 Å². The lowest BCUT2D eigenvalue weighted by molar-refractivity contribution is 0.0726. The van der Waals surface area contributed by atoms with Crippen LogP contribution >= 0.6 is 0 Å². The van der Waals surface area contributed by atoms with Crippen LogP contribution in [0.2, 0.25) is 0 Å². The summed E-state index contributed by atoms with van der Waals surface area (Å²) < 4.78 is 15.5. The van der Waals surface area contributed by atoms with Gasteiger partial charge in [-0.25, -0.2) is 4.39 Å². The zero-order valence-electron chi connectivity index (χ0n) is 26.2. The highest BCUT2D eigenvalue weighted by atomic mass is 19.1. The number of carbonyl (C=O) groups excluding carboxylic acids is 2. The van der Waals surface area contributed by atoms with Gasteiger partial charge in [-0.3, -0.25) is 14.4 Å². The number of nitrogens with one attached hydrogen (secondary N) is 1. The normalized spacial score (nSPS) is 20.7. The summed E-state index contributed by atoms with van der Waals surface area (Å²) in [5.41, 5.74) is 5.63. The van der Waals surface area contributed by atoms with Gasteiger partial charge < -0.3 is 24.6 Å². The molecule has 9 heteroatoms. The zero-order chi connectivity index (χ0) is 31.9. The minimum Gasteiger partial charge on any atom is -0.369 e. The smallest absolute Gasteiger partial charge is 0.255 e. The van der Waals surface area contributed by atoms with E-state index in [4.69, 9.17) is 0 Å². The highest BCUT2D eigenvalue weighted by Gasteiger charge is 2.36. The molecule has 7 rings (SSSR count). The predicted octanol–water partition coefficient (Wildman–Crippen LogP) is 5.52. The summed E-state index contributed by atoms with van der Waals surface area (Å²) in [6, 6.07) is 25.0. The summed E-state index contributed by atoms with van der Waals surface area (Å²) in [6.07, 6.45) is 1.00. The molecule has 1 N–H and O–H groups in total. The van der Waals surface area contributed by atoms with E-state index in [0.717, 1.165) is 36.6 Å². The van der Waals surface area contributed by atoms with Crippen molar-refractivity contribution in [2.24, 2.45) is 5.92 Å². The Kier molecular flexibility index (Phi) is 7.84. The number of anilines is 3. The fourth-order valence-corrected chi connectivity index (χ4v) is 7.45. The minimum absolute atomic E-state index is 0.0322. The second kappa shape index (κ2) is 12.1. The molecular formula is C37H38FN5O3. The number of aryl methyl sites for hydroxylation is 1. The molecule has 3 aliphatic rings. The third-order valence-electron chi connectivity index (χ3n) is 9.67. The van der Waals surface area contributed by atoms with Gasteiger partial charge in [-0.15, -0.1) is 0 Å². The number of rotatable bonds is 5. The molecule has 3 aliphatic heterocycles. The molecular weight excluding hydrogens is 581 g/mol. The van der Waals surface area contributed by atoms with Gasteiger partial charge in [0.1, 0.15) is 5.82 Å². The van der Waals surface area contributed by atoms with Crippen molar-refractivity contribution in [3.63, 3.8) is 0 Å². The van der Waals surface area contributed by atoms with E-state index >= 15 is 0 Å². The SMILES string of the molecule is Cc1cccc(N2CCN(C(=O)c3ccc(N4C[C@H]5C[C@@H](C4)c4cccc(=O)n4C5)c(NC(=O)c4ccc(F)cc4)c3)C[C@@H]2C)c1. The fraction of sp³-hybridized carbons (Fsp3) is 0.324. The second-order valence-corrected chi connectivity index (χ2v) is 12.9. The van der Waals surface area contributed by atoms with Crippen LogP contribution in [-0.4, -0.2) is 60.0 Å². The number of pyridine rings is 1. The van der Waals surface area contributed by atoms with Crippen molar-refractivity contribution in [3.05, 3.63) is 123 Å². The van der Waals surface area contributed by atoms with E-state index in [9.17, 15) is 18.8 Å². The number of piperidine rings is 1. The van der Waals surface area contributed by atoms with Gasteiger partial charge in [-0.2, -0.15) is 0 Å². The van der Waals surface area contributed by atoms with Gasteiger partial charge in [0.05, 0.1) is 11.4 Å². The Hall–Kier alpha value is -4.92. The number of halogens is 1. The highest BCUT2D eigenvalue weighted by molar-refractivity contribution is 6.07. The van der Waals surface area contributed by atoms with Crippen LogP contribution in [0, 0.1) is 18.7 Å². The lowest BCUT2D eigenvalue weighted by atomic mass is 9.83. The second-order valence-electron chi connectivity index (χ2n) is 12.9. The van der Waals surface area contributed by atoms with Crippen LogP contribution in [0.3, 0.4) is 0 Å². The number of carbonyl (C=O) groups is 2. The molecule has 4 aromatic rings. The standard InChI is InChI=1S/C37H38FN5O3/c1-24-5-3-6-31(17-24)42-16-15-40(20-25(42)2)37(46)28-11-14-34(32(19-28)39-36(45)27-9-12-30(38)13-10-27)41-21-26-18-29(23-41)33-7-4-8-35(44)43(33)22-26/h3-14,17,19,25-26,29H,15-16,18,20-23H2,1-2H3,(H,39,45)/t25-,26+,29-/m0/s1. The summed E-state index contributed by atoms with van der Waals surface area (Å²) in [6.45, 7) is 8.18. The molecule has 0 unspecified atom stereocenters. The molecule has 2 saturated heterocycles. The van der Waals surface area contributed by atoms with Crippen molar-refractivity contribution in [3.8, 4) is 0 Å². The number of aromatic nitrogens is 1. The molecule has 236 valence electrons. The molecule has 3 atom stereocenters. The number of amides is 2. The first kappa shape index (κ1) is 29.8. The largest absolute Gasteiger partial charge is 0.369 e. The van der Waals surface area contributed by atoms with E-state index in [1.807, 2.05) is 33.7 Å². The van der Waals surface area contributed by atoms with Crippen LogP contribution in [-0.2, 0) is 6.54 Å². The van der Waals surface area contributed by atoms with E-state index in [1.165, 1.54) is 29.8 Å². The van der Waals surface area contributed by atoms with E-state index in [2.05, 4.69) is 53.2 Å². The van der Waals surface area contributed by atoms with Crippen LogP contribution in [0.5, 0.6) is 0 Å². The summed E-state index contributed by atoms with van der Waals surface area (Å²) in [5.74, 6) is -0.418. The van der Waals surface area contributed by atoms with Crippen LogP contribution in [0.4, 0.5) is 21.5 Å². The van der Waals surface area contributed by atoms with Gasteiger partial charge in [0.25, 0.3) is 17.4 Å². The van der Waals surface area contributed by atoms with Crippen molar-refractivity contribution in [2.75, 3.05) is 47.8 Å². The number of hydrogen-bond acceptors (Lipinski definition) is 5. The maximum atomic E-state index is 13.9. The Labute approximate surface area is 268 Å². The van der Waals surface area contributed by atoms with Crippen LogP contribution in [0.15, 0.2) is 89.7 Å². The van der Waals surface area contributed by atoms with Crippen molar-refractivity contribution in [1.29, 1.82) is 0 Å². The number of nitrogens with zero attached hydrogens (tertiary/aromatic N) is 4. The third kappa shape index (κ3) is 5.77. The molecule has 0 spiro atoms. The minimum atomic E-state index is -0.416. The monoisotopic (exact) mass is 619 g/mol. The molecule has 2 fully saturated rings. The molecule has 1 aromatic heterocycles. The Morgan fingerprint density at radius 2 is 1.63 bits per heavy atom. The van der Waals surface area contributed by atoms with E-state index < -0.39 is 5.82 Å². The van der Waals surface area contributed by atoms with Gasteiger partial charge in [0, 0.05) is 79.8 Å². The van der Waals surface area contributed by atoms with E-state index in [-0.39, 0.29) is 35.3 Å². The van der Waals surface area contributed by atoms with E-state index in [0.29, 0.717) is 43.0 Å². The number of fused-ring (bicyclic) bond motifs is 4. The molecule has 46 heavy (non-hydrogen) atoms. The van der Waals surface area contributed by atoms with E-state index in [1.54, 1.807) is 12.1 Å². The van der Waals surface area contributed by atoms with Crippen molar-refractivity contribution in [1.82, 2.24) is 9.47 Å². The van der Waals surface area contributed by atoms with Gasteiger partial charge >= 0.3 is 0 Å². The lowest BCUT2D eigenvalue weighted by Gasteiger charge is -2.44. The van der Waals surface area contributed by atoms with Crippen molar-refractivity contribution >= 4 is 28.9 Å². The first-order valence-corrected chi connectivity index (χ1v) is 16.0. The van der Waals surface area contributed by atoms with Crippen molar-refractivity contribution < 1.29 is 14.0 Å². The third-order valence-corrected chi connectivity index (χ3v) is 9.67. The summed E-state index contributed by atoms with van der Waals surface area (Å²) in [4.78, 5) is 46.4. The maximum Gasteiger partial charge on any atom is 0.255 e. The molecule has 8 nitrogen and oxygen atoms in total. The Bertz CT molecular complexity index is 1850. The predicted molar refractivity (Wildman–Crippen MR) is 178 cm³/mol.